The lowest BCUT2D eigenvalue weighted by molar-refractivity contribution is -0.120. The van der Waals surface area contributed by atoms with E-state index in [4.69, 9.17) is 0 Å². The molecule has 0 saturated heterocycles. The van der Waals surface area contributed by atoms with E-state index in [-0.39, 0.29) is 39.2 Å². The van der Waals surface area contributed by atoms with Crippen molar-refractivity contribution in [3.05, 3.63) is 51.9 Å². The van der Waals surface area contributed by atoms with Crippen molar-refractivity contribution < 1.29 is 26.7 Å². The fraction of sp³-hybridized carbons (Fsp3) is 0.391. The Balaban J connectivity index is 1.81. The van der Waals surface area contributed by atoms with E-state index in [0.717, 1.165) is 24.0 Å². The second kappa shape index (κ2) is 8.84. The topological polar surface area (TPSA) is 142 Å². The van der Waals surface area contributed by atoms with Crippen LogP contribution in [0.15, 0.2) is 44.5 Å². The molecule has 0 unspecified atom stereocenters. The van der Waals surface area contributed by atoms with E-state index >= 15 is 0 Å². The first-order valence-electron chi connectivity index (χ1n) is 11.0. The number of thiophene rings is 1. The number of amidine groups is 1. The van der Waals surface area contributed by atoms with Gasteiger partial charge in [-0.15, -0.1) is 15.7 Å². The number of sulfonamides is 2. The average molecular weight is 538 g/mol. The first kappa shape index (κ1) is 25.5. The summed E-state index contributed by atoms with van der Waals surface area (Å²) in [7, 11) is -7.82. The van der Waals surface area contributed by atoms with Crippen LogP contribution in [0.3, 0.4) is 0 Å². The quantitative estimate of drug-likeness (QED) is 0.490. The Kier molecular flexibility index (Phi) is 6.45. The summed E-state index contributed by atoms with van der Waals surface area (Å²) in [5.41, 5.74) is 0.248. The fourth-order valence-corrected chi connectivity index (χ4v) is 7.37. The fourth-order valence-electron chi connectivity index (χ4n) is 4.34. The maximum atomic E-state index is 13.9. The minimum absolute atomic E-state index is 0.145. The monoisotopic (exact) mass is 537 g/mol. The van der Waals surface area contributed by atoms with Gasteiger partial charge in [-0.1, -0.05) is 38.1 Å². The largest absolute Gasteiger partial charge is 0.506 e. The highest BCUT2D eigenvalue weighted by atomic mass is 32.2. The summed E-state index contributed by atoms with van der Waals surface area (Å²) < 4.78 is 55.4. The summed E-state index contributed by atoms with van der Waals surface area (Å²) in [5.74, 6) is -0.634. The molecule has 2 heterocycles. The van der Waals surface area contributed by atoms with Crippen LogP contribution in [0.4, 0.5) is 5.00 Å². The Morgan fingerprint density at radius 1 is 1.26 bits per heavy atom. The highest BCUT2D eigenvalue weighted by Crippen LogP contribution is 2.45. The van der Waals surface area contributed by atoms with Crippen molar-refractivity contribution >= 4 is 53.8 Å². The molecule has 35 heavy (non-hydrogen) atoms. The van der Waals surface area contributed by atoms with Crippen LogP contribution in [-0.2, 0) is 36.8 Å². The van der Waals surface area contributed by atoms with Crippen molar-refractivity contribution in [1.82, 2.24) is 4.72 Å². The maximum Gasteiger partial charge on any atom is 0.287 e. The molecule has 9 nitrogen and oxygen atoms in total. The molecule has 188 valence electrons. The molecule has 4 rings (SSSR count). The number of aliphatic hydroxyl groups excluding tert-OH is 1. The number of Topliss-reactive ketones (excluding diaryl/α,β-unsaturated/α-hetero) is 1. The number of rotatable bonds is 7. The van der Waals surface area contributed by atoms with Gasteiger partial charge in [0.2, 0.25) is 10.0 Å². The molecule has 2 aromatic rings. The third-order valence-corrected chi connectivity index (χ3v) is 9.39. The minimum Gasteiger partial charge on any atom is -0.506 e. The lowest BCUT2D eigenvalue weighted by Crippen LogP contribution is -2.42. The summed E-state index contributed by atoms with van der Waals surface area (Å²) in [5, 5.41) is 15.8. The zero-order valence-corrected chi connectivity index (χ0v) is 22.2. The Morgan fingerprint density at radius 2 is 1.94 bits per heavy atom. The van der Waals surface area contributed by atoms with Crippen molar-refractivity contribution in [2.75, 3.05) is 11.6 Å². The van der Waals surface area contributed by atoms with Crippen molar-refractivity contribution in [2.45, 2.75) is 50.5 Å². The van der Waals surface area contributed by atoms with E-state index in [1.54, 1.807) is 12.1 Å². The third-order valence-electron chi connectivity index (χ3n) is 6.24. The summed E-state index contributed by atoms with van der Waals surface area (Å²) in [6, 6.07) is 7.07. The summed E-state index contributed by atoms with van der Waals surface area (Å²) >= 11 is 1.05. The number of carbonyl (C=O) groups excluding carboxylic acids is 1. The van der Waals surface area contributed by atoms with Crippen LogP contribution in [0.25, 0.3) is 5.76 Å². The molecule has 3 N–H and O–H groups in total. The number of fused-ring (bicyclic) bond motifs is 2. The number of nitrogens with zero attached hydrogens (tertiary/aromatic N) is 1. The molecule has 0 saturated carbocycles. The minimum atomic E-state index is -4.28. The Labute approximate surface area is 209 Å². The Hall–Kier alpha value is -2.54. The molecule has 2 aliphatic rings. The lowest BCUT2D eigenvalue weighted by Gasteiger charge is -2.36. The van der Waals surface area contributed by atoms with Crippen LogP contribution in [0, 0.1) is 5.92 Å². The number of hydrogen-bond acceptors (Lipinski definition) is 8. The number of aliphatic hydroxyl groups is 1. The van der Waals surface area contributed by atoms with E-state index in [0.29, 0.717) is 23.5 Å². The van der Waals surface area contributed by atoms with E-state index in [2.05, 4.69) is 28.3 Å². The normalized spacial score (nSPS) is 21.4. The van der Waals surface area contributed by atoms with Crippen molar-refractivity contribution in [2.24, 2.45) is 10.3 Å². The maximum absolute atomic E-state index is 13.9. The standard InChI is InChI=1S/C23H27N3O6S3/c1-13(2)9-10-23(3)16-8-6-5-7-15(16)18(27)17(20(23)28)21-25-22-19(35(31,32)26-21)14(12-33-22)11-24-34(4,29)30/h5-8,12-13,24,27H,9-11H2,1-4H3,(H,25,26)/t23-/m1/s1. The van der Waals surface area contributed by atoms with Crippen LogP contribution in [0.5, 0.6) is 0 Å². The van der Waals surface area contributed by atoms with E-state index in [9.17, 15) is 26.7 Å². The summed E-state index contributed by atoms with van der Waals surface area (Å²) in [6.45, 7) is 5.71. The van der Waals surface area contributed by atoms with Crippen LogP contribution in [-0.4, -0.2) is 39.8 Å². The van der Waals surface area contributed by atoms with Crippen LogP contribution in [0.2, 0.25) is 0 Å². The molecule has 0 radical (unpaired) electrons. The smallest absolute Gasteiger partial charge is 0.287 e. The first-order chi connectivity index (χ1) is 16.2. The van der Waals surface area contributed by atoms with Crippen molar-refractivity contribution in [3.8, 4) is 0 Å². The molecule has 1 aromatic heterocycles. The Morgan fingerprint density at radius 3 is 2.60 bits per heavy atom. The molecular weight excluding hydrogens is 510 g/mol. The van der Waals surface area contributed by atoms with Gasteiger partial charge in [0.25, 0.3) is 10.0 Å². The van der Waals surface area contributed by atoms with Gasteiger partial charge in [0.05, 0.1) is 11.7 Å². The Bertz CT molecular complexity index is 1490. The second-order valence-electron chi connectivity index (χ2n) is 9.42. The molecule has 0 spiro atoms. The molecule has 12 heteroatoms. The SMILES string of the molecule is CC(C)CC[C@@]1(C)C(=O)C(C2=NS(=O)(=O)c3c(CNS(C)(=O)=O)csc3N2)=C(O)c2ccccc21. The van der Waals surface area contributed by atoms with Gasteiger partial charge in [-0.25, -0.2) is 13.1 Å². The molecule has 1 atom stereocenters. The van der Waals surface area contributed by atoms with E-state index in [1.165, 1.54) is 5.38 Å². The van der Waals surface area contributed by atoms with Crippen LogP contribution >= 0.6 is 11.3 Å². The summed E-state index contributed by atoms with van der Waals surface area (Å²) in [4.78, 5) is 13.7. The van der Waals surface area contributed by atoms with Crippen LogP contribution < -0.4 is 10.0 Å². The highest BCUT2D eigenvalue weighted by molar-refractivity contribution is 7.91. The molecule has 0 bridgehead atoms. The third kappa shape index (κ3) is 4.67. The number of nitrogens with one attached hydrogen (secondary N) is 2. The van der Waals surface area contributed by atoms with Gasteiger partial charge in [-0.05, 0) is 36.6 Å². The highest BCUT2D eigenvalue weighted by Gasteiger charge is 2.46. The second-order valence-corrected chi connectivity index (χ2v) is 13.7. The number of ketones is 1. The lowest BCUT2D eigenvalue weighted by atomic mass is 9.66. The molecule has 0 fully saturated rings. The predicted molar refractivity (Wildman–Crippen MR) is 137 cm³/mol. The van der Waals surface area contributed by atoms with Crippen molar-refractivity contribution in [3.63, 3.8) is 0 Å². The van der Waals surface area contributed by atoms with Crippen LogP contribution in [0.1, 0.15) is 50.3 Å². The molecule has 1 aliphatic heterocycles. The van der Waals surface area contributed by atoms with Gasteiger partial charge in [0.1, 0.15) is 21.2 Å². The first-order valence-corrected chi connectivity index (χ1v) is 15.2. The predicted octanol–water partition coefficient (Wildman–Crippen LogP) is 3.56. The van der Waals surface area contributed by atoms with Gasteiger partial charge in [0, 0.05) is 17.7 Å². The van der Waals surface area contributed by atoms with E-state index < -0.39 is 31.2 Å². The number of anilines is 1. The number of benzene rings is 1. The molecular formula is C23H27N3O6S3. The van der Waals surface area contributed by atoms with Crippen molar-refractivity contribution in [1.29, 1.82) is 0 Å². The molecule has 0 amide bonds. The summed E-state index contributed by atoms with van der Waals surface area (Å²) in [6.07, 6.45) is 2.25. The van der Waals surface area contributed by atoms with E-state index in [1.807, 2.05) is 19.1 Å². The van der Waals surface area contributed by atoms with Gasteiger partial charge in [0.15, 0.2) is 11.6 Å². The van der Waals surface area contributed by atoms with Gasteiger partial charge >= 0.3 is 0 Å². The molecule has 1 aliphatic carbocycles. The van der Waals surface area contributed by atoms with Gasteiger partial charge < -0.3 is 10.4 Å². The molecule has 1 aromatic carbocycles. The number of hydrogen-bond donors (Lipinski definition) is 3. The zero-order chi connectivity index (χ0) is 25.8. The van der Waals surface area contributed by atoms with Gasteiger partial charge in [-0.3, -0.25) is 4.79 Å². The van der Waals surface area contributed by atoms with Gasteiger partial charge in [-0.2, -0.15) is 8.42 Å². The zero-order valence-electron chi connectivity index (χ0n) is 19.7. The average Bonchev–Trinajstić information content (AvgIpc) is 3.18. The number of carbonyl (C=O) groups is 1.